The van der Waals surface area contributed by atoms with E-state index in [1.807, 2.05) is 97.8 Å². The smallest absolute Gasteiger partial charge is 0.246 e. The van der Waals surface area contributed by atoms with Crippen molar-refractivity contribution in [2.45, 2.75) is 148 Å². The number of hydrogen-bond donors (Lipinski definition) is 4. The molecule has 1 fully saturated rings. The molecular formula is C43H75N7O7. The van der Waals surface area contributed by atoms with Crippen LogP contribution in [-0.4, -0.2) is 140 Å². The summed E-state index contributed by atoms with van der Waals surface area (Å²) >= 11 is 0. The van der Waals surface area contributed by atoms with Crippen LogP contribution in [0.3, 0.4) is 0 Å². The second-order valence-corrected chi connectivity index (χ2v) is 17.6. The maximum atomic E-state index is 14.3. The number of nitrogens with two attached hydrogens (primary N) is 1. The van der Waals surface area contributed by atoms with Crippen molar-refractivity contribution in [1.29, 1.82) is 0 Å². The van der Waals surface area contributed by atoms with Gasteiger partial charge in [-0.25, -0.2) is 0 Å². The Morgan fingerprint density at radius 2 is 1.53 bits per heavy atom. The molecule has 2 rings (SSSR count). The van der Waals surface area contributed by atoms with Crippen LogP contribution in [0.5, 0.6) is 0 Å². The minimum Gasteiger partial charge on any atom is -0.379 e. The first-order valence-electron chi connectivity index (χ1n) is 20.6. The molecule has 1 aromatic carbocycles. The third-order valence-corrected chi connectivity index (χ3v) is 11.2. The molecule has 1 heterocycles. The first-order valence-corrected chi connectivity index (χ1v) is 20.6. The number of nitrogens with one attached hydrogen (secondary N) is 3. The molecule has 1 aliphatic heterocycles. The predicted octanol–water partition coefficient (Wildman–Crippen LogP) is 2.97. The van der Waals surface area contributed by atoms with Crippen LogP contribution in [0.2, 0.25) is 0 Å². The third kappa shape index (κ3) is 14.0. The summed E-state index contributed by atoms with van der Waals surface area (Å²) < 4.78 is 12.0. The number of carbonyl (C=O) groups is 5. The number of likely N-dealkylation sites (tertiary alicyclic amines) is 1. The van der Waals surface area contributed by atoms with Gasteiger partial charge in [0.25, 0.3) is 0 Å². The van der Waals surface area contributed by atoms with Gasteiger partial charge >= 0.3 is 0 Å². The van der Waals surface area contributed by atoms with E-state index in [1.54, 1.807) is 30.7 Å². The van der Waals surface area contributed by atoms with Crippen molar-refractivity contribution in [2.75, 3.05) is 41.9 Å². The molecule has 0 saturated carbocycles. The maximum absolute atomic E-state index is 14.3. The lowest BCUT2D eigenvalue weighted by Gasteiger charge is -2.41. The Kier molecular flexibility index (Phi) is 19.6. The Morgan fingerprint density at radius 3 is 2.02 bits per heavy atom. The minimum atomic E-state index is -0.992. The van der Waals surface area contributed by atoms with Gasteiger partial charge in [0, 0.05) is 45.8 Å². The lowest BCUT2D eigenvalue weighted by Crippen LogP contribution is -2.62. The van der Waals surface area contributed by atoms with Crippen molar-refractivity contribution >= 4 is 29.5 Å². The van der Waals surface area contributed by atoms with Crippen molar-refractivity contribution in [3.63, 3.8) is 0 Å². The highest BCUT2D eigenvalue weighted by atomic mass is 16.5. The van der Waals surface area contributed by atoms with Crippen LogP contribution in [0.1, 0.15) is 93.6 Å². The largest absolute Gasteiger partial charge is 0.379 e. The fourth-order valence-corrected chi connectivity index (χ4v) is 8.13. The highest BCUT2D eigenvalue weighted by Gasteiger charge is 2.43. The second-order valence-electron chi connectivity index (χ2n) is 17.6. The predicted molar refractivity (Wildman–Crippen MR) is 224 cm³/mol. The molecule has 0 bridgehead atoms. The van der Waals surface area contributed by atoms with Crippen molar-refractivity contribution in [3.8, 4) is 0 Å². The van der Waals surface area contributed by atoms with E-state index in [-0.39, 0.29) is 47.8 Å². The van der Waals surface area contributed by atoms with Gasteiger partial charge in [-0.3, -0.25) is 28.9 Å². The summed E-state index contributed by atoms with van der Waals surface area (Å²) in [6.45, 7) is 17.5. The zero-order chi connectivity index (χ0) is 43.4. The van der Waals surface area contributed by atoms with Gasteiger partial charge in [-0.2, -0.15) is 0 Å². The van der Waals surface area contributed by atoms with Gasteiger partial charge in [0.05, 0.1) is 42.7 Å². The third-order valence-electron chi connectivity index (χ3n) is 11.2. The molecule has 14 heteroatoms. The summed E-state index contributed by atoms with van der Waals surface area (Å²) in [6.07, 6.45) is 1.01. The molecule has 0 aliphatic carbocycles. The van der Waals surface area contributed by atoms with E-state index in [0.29, 0.717) is 25.8 Å². The fourth-order valence-electron chi connectivity index (χ4n) is 8.13. The van der Waals surface area contributed by atoms with E-state index in [9.17, 15) is 24.0 Å². The molecule has 10 atom stereocenters. The minimum absolute atomic E-state index is 0.000660. The number of likely N-dealkylation sites (N-methyl/N-ethyl adjacent to an activating group) is 2. The SMILES string of the molecule is CC[C@H](C)[C@@H]([C@@H](CC(=O)N1CCC[C@H]1[C@H](OC)[C@@H](C)C(=O)N[C@@H](Cc1ccccc1)C(=O)NC(C)(C)C)OC)N(C)C(=O)[C@@H](NC(=O)[C@H](C(C)C)N(C)C)[C@H](C)N. The first kappa shape index (κ1) is 49.6. The Balaban J connectivity index is 2.32. The highest BCUT2D eigenvalue weighted by Crippen LogP contribution is 2.29. The number of amides is 5. The quantitative estimate of drug-likeness (QED) is 0.146. The van der Waals surface area contributed by atoms with Crippen molar-refractivity contribution in [2.24, 2.45) is 23.5 Å². The number of benzene rings is 1. The average molecular weight is 802 g/mol. The van der Waals surface area contributed by atoms with Crippen molar-refractivity contribution < 1.29 is 33.4 Å². The Labute approximate surface area is 342 Å². The normalized spacial score (nSPS) is 19.5. The van der Waals surface area contributed by atoms with Gasteiger partial charge in [-0.05, 0) is 72.0 Å². The van der Waals surface area contributed by atoms with E-state index in [2.05, 4.69) is 16.0 Å². The van der Waals surface area contributed by atoms with Crippen LogP contribution in [-0.2, 0) is 39.9 Å². The van der Waals surface area contributed by atoms with E-state index in [1.165, 1.54) is 14.2 Å². The molecule has 57 heavy (non-hydrogen) atoms. The molecular weight excluding hydrogens is 727 g/mol. The Bertz CT molecular complexity index is 1440. The Hall–Kier alpha value is -3.59. The molecule has 1 aliphatic rings. The van der Waals surface area contributed by atoms with Gasteiger partial charge < -0.3 is 41.0 Å². The van der Waals surface area contributed by atoms with Crippen LogP contribution in [0.4, 0.5) is 0 Å². The zero-order valence-electron chi connectivity index (χ0n) is 37.3. The molecule has 0 aromatic heterocycles. The number of nitrogens with zero attached hydrogens (tertiary/aromatic N) is 3. The van der Waals surface area contributed by atoms with Crippen LogP contribution in [0.15, 0.2) is 30.3 Å². The molecule has 14 nitrogen and oxygen atoms in total. The Morgan fingerprint density at radius 1 is 0.912 bits per heavy atom. The summed E-state index contributed by atoms with van der Waals surface area (Å²) in [6, 6.07) is 5.66. The number of carbonyl (C=O) groups excluding carboxylic acids is 5. The summed E-state index contributed by atoms with van der Waals surface area (Å²) in [7, 11) is 8.40. The fraction of sp³-hybridized carbons (Fsp3) is 0.744. The number of rotatable bonds is 21. The average Bonchev–Trinajstić information content (AvgIpc) is 3.62. The van der Waals surface area contributed by atoms with Crippen LogP contribution < -0.4 is 21.7 Å². The standard InChI is InChI=1S/C43H75N7O7/c1-15-27(4)37(49(12)42(55)35(29(6)44)46-41(54)36(26(2)3)48(10)11)33(56-13)25-34(51)50-23-19-22-32(50)38(57-14)28(5)39(52)45-31(40(53)47-43(7,8)9)24-30-20-17-16-18-21-30/h16-18,20-21,26-29,31-33,35-38H,15,19,22-25,44H2,1-14H3,(H,45,52)(H,46,54)(H,47,53)/t27-,28+,29-,31-,32-,33+,35-,36-,37-,38+/m0/s1. The molecule has 324 valence electrons. The van der Waals surface area contributed by atoms with Crippen molar-refractivity contribution in [3.05, 3.63) is 35.9 Å². The highest BCUT2D eigenvalue weighted by molar-refractivity contribution is 5.91. The monoisotopic (exact) mass is 802 g/mol. The summed E-state index contributed by atoms with van der Waals surface area (Å²) in [5, 5.41) is 8.90. The van der Waals surface area contributed by atoms with Gasteiger partial charge in [0.1, 0.15) is 12.1 Å². The van der Waals surface area contributed by atoms with E-state index in [0.717, 1.165) is 12.0 Å². The van der Waals surface area contributed by atoms with Gasteiger partial charge in [0.2, 0.25) is 29.5 Å². The molecule has 1 saturated heterocycles. The summed E-state index contributed by atoms with van der Waals surface area (Å²) in [4.78, 5) is 74.4. The first-order chi connectivity index (χ1) is 26.6. The lowest BCUT2D eigenvalue weighted by atomic mass is 9.89. The second kappa shape index (κ2) is 22.5. The van der Waals surface area contributed by atoms with Crippen molar-refractivity contribution in [1.82, 2.24) is 30.7 Å². The molecule has 1 aromatic rings. The lowest BCUT2D eigenvalue weighted by molar-refractivity contribution is -0.147. The summed E-state index contributed by atoms with van der Waals surface area (Å²) in [5.41, 5.74) is 6.74. The molecule has 0 radical (unpaired) electrons. The number of ether oxygens (including phenoxy) is 2. The topological polar surface area (TPSA) is 176 Å². The number of hydrogen-bond acceptors (Lipinski definition) is 9. The molecule has 5 amide bonds. The van der Waals surface area contributed by atoms with Gasteiger partial charge in [0.15, 0.2) is 0 Å². The van der Waals surface area contributed by atoms with Gasteiger partial charge in [-0.1, -0.05) is 71.4 Å². The zero-order valence-corrected chi connectivity index (χ0v) is 37.3. The summed E-state index contributed by atoms with van der Waals surface area (Å²) in [5.74, 6) is -2.23. The van der Waals surface area contributed by atoms with E-state index in [4.69, 9.17) is 15.2 Å². The molecule has 5 N–H and O–H groups in total. The van der Waals surface area contributed by atoms with Crippen LogP contribution >= 0.6 is 0 Å². The molecule has 0 spiro atoms. The number of methoxy groups -OCH3 is 2. The van der Waals surface area contributed by atoms with Gasteiger partial charge in [-0.15, -0.1) is 0 Å². The van der Waals surface area contributed by atoms with Crippen LogP contribution in [0, 0.1) is 17.8 Å². The maximum Gasteiger partial charge on any atom is 0.246 e. The van der Waals surface area contributed by atoms with E-state index >= 15 is 0 Å². The molecule has 0 unspecified atom stereocenters. The van der Waals surface area contributed by atoms with E-state index < -0.39 is 59.9 Å². The van der Waals surface area contributed by atoms with Crippen LogP contribution in [0.25, 0.3) is 0 Å².